The maximum absolute atomic E-state index is 13.6. The topological polar surface area (TPSA) is 75.3 Å². The quantitative estimate of drug-likeness (QED) is 0.112. The predicted molar refractivity (Wildman–Crippen MR) is 167 cm³/mol. The van der Waals surface area contributed by atoms with E-state index in [1.54, 1.807) is 36.4 Å². The van der Waals surface area contributed by atoms with Gasteiger partial charge in [0.15, 0.2) is 5.78 Å². The van der Waals surface area contributed by atoms with Crippen LogP contribution in [0.25, 0.3) is 16.8 Å². The lowest BCUT2D eigenvalue weighted by Gasteiger charge is -2.13. The van der Waals surface area contributed by atoms with Gasteiger partial charge in [-0.25, -0.2) is 0 Å². The van der Waals surface area contributed by atoms with Crippen LogP contribution >= 0.6 is 11.8 Å². The zero-order valence-corrected chi connectivity index (χ0v) is 23.3. The second-order valence-electron chi connectivity index (χ2n) is 9.51. The number of fused-ring (bicyclic) bond motifs is 1. The molecule has 5 rings (SSSR count). The fourth-order valence-corrected chi connectivity index (χ4v) is 5.16. The van der Waals surface area contributed by atoms with Crippen LogP contribution in [0, 0.1) is 6.92 Å². The Hall–Kier alpha value is -4.94. The van der Waals surface area contributed by atoms with E-state index >= 15 is 0 Å². The van der Waals surface area contributed by atoms with Crippen molar-refractivity contribution < 1.29 is 14.4 Å². The Morgan fingerprint density at radius 3 is 2.24 bits per heavy atom. The second-order valence-corrected chi connectivity index (χ2v) is 10.6. The van der Waals surface area contributed by atoms with E-state index in [-0.39, 0.29) is 23.1 Å². The van der Waals surface area contributed by atoms with Crippen molar-refractivity contribution in [2.24, 2.45) is 0 Å². The van der Waals surface area contributed by atoms with Crippen molar-refractivity contribution in [1.29, 1.82) is 0 Å². The Kier molecular flexibility index (Phi) is 8.72. The summed E-state index contributed by atoms with van der Waals surface area (Å²) in [5.41, 5.74) is 3.70. The highest BCUT2D eigenvalue weighted by atomic mass is 32.2. The number of amides is 2. The molecule has 0 atom stereocenters. The van der Waals surface area contributed by atoms with Crippen LogP contribution < -0.4 is 10.6 Å². The number of hydrogen-bond acceptors (Lipinski definition) is 4. The summed E-state index contributed by atoms with van der Waals surface area (Å²) in [5.74, 6) is -0.528. The summed E-state index contributed by atoms with van der Waals surface area (Å²) >= 11 is 1.40. The van der Waals surface area contributed by atoms with Crippen molar-refractivity contribution in [1.82, 2.24) is 5.32 Å². The maximum Gasteiger partial charge on any atom is 0.272 e. The SMILES string of the molecule is Cc1ccc(C(=O)CSc2cccc(NC(=O)/C(=C/c3cccc4ccccc34)NC(=O)c3ccccc3)c2)cc1. The third-order valence-electron chi connectivity index (χ3n) is 6.49. The third-order valence-corrected chi connectivity index (χ3v) is 7.48. The Morgan fingerprint density at radius 2 is 1.44 bits per heavy atom. The van der Waals surface area contributed by atoms with E-state index in [4.69, 9.17) is 0 Å². The van der Waals surface area contributed by atoms with E-state index in [2.05, 4.69) is 10.6 Å². The van der Waals surface area contributed by atoms with Gasteiger partial charge in [-0.15, -0.1) is 11.8 Å². The summed E-state index contributed by atoms with van der Waals surface area (Å²) in [6, 6.07) is 37.3. The van der Waals surface area contributed by atoms with Crippen molar-refractivity contribution in [3.8, 4) is 0 Å². The molecule has 0 aliphatic rings. The molecule has 0 heterocycles. The highest BCUT2D eigenvalue weighted by Crippen LogP contribution is 2.24. The van der Waals surface area contributed by atoms with Crippen LogP contribution in [0.2, 0.25) is 0 Å². The molecule has 0 radical (unpaired) electrons. The smallest absolute Gasteiger partial charge is 0.272 e. The van der Waals surface area contributed by atoms with Gasteiger partial charge < -0.3 is 10.6 Å². The van der Waals surface area contributed by atoms with Crippen LogP contribution in [-0.4, -0.2) is 23.4 Å². The van der Waals surface area contributed by atoms with E-state index in [0.717, 1.165) is 26.8 Å². The second kappa shape index (κ2) is 12.9. The monoisotopic (exact) mass is 556 g/mol. The molecule has 0 aromatic heterocycles. The van der Waals surface area contributed by atoms with Crippen LogP contribution in [-0.2, 0) is 4.79 Å². The zero-order chi connectivity index (χ0) is 28.6. The van der Waals surface area contributed by atoms with Crippen LogP contribution in [0.4, 0.5) is 5.69 Å². The molecule has 0 saturated carbocycles. The van der Waals surface area contributed by atoms with Gasteiger partial charge in [0.05, 0.1) is 5.75 Å². The first kappa shape index (κ1) is 27.6. The Bertz CT molecular complexity index is 1740. The number of Topliss-reactive ketones (excluding diaryl/α,β-unsaturated/α-hetero) is 1. The number of nitrogens with one attached hydrogen (secondary N) is 2. The molecule has 5 nitrogen and oxygen atoms in total. The summed E-state index contributed by atoms with van der Waals surface area (Å²) < 4.78 is 0. The number of ketones is 1. The standard InChI is InChI=1S/C35H28N2O3S/c1-24-17-19-26(20-18-24)33(38)23-41-30-15-8-14-29(22-30)36-35(40)32(37-34(39)27-10-3-2-4-11-27)21-28-13-7-12-25-9-5-6-16-31(25)28/h2-22H,23H2,1H3,(H,36,40)(H,37,39)/b32-21-. The number of rotatable bonds is 9. The van der Waals surface area contributed by atoms with Crippen LogP contribution in [0.5, 0.6) is 0 Å². The number of thioether (sulfide) groups is 1. The molecule has 6 heteroatoms. The van der Waals surface area contributed by atoms with Crippen LogP contribution in [0.1, 0.15) is 31.8 Å². The lowest BCUT2D eigenvalue weighted by molar-refractivity contribution is -0.113. The minimum atomic E-state index is -0.458. The number of benzene rings is 5. The van der Waals surface area contributed by atoms with E-state index in [1.807, 2.05) is 97.9 Å². The lowest BCUT2D eigenvalue weighted by atomic mass is 10.0. The van der Waals surface area contributed by atoms with Crippen LogP contribution in [0.15, 0.2) is 132 Å². The summed E-state index contributed by atoms with van der Waals surface area (Å²) in [5, 5.41) is 7.71. The molecule has 0 fully saturated rings. The molecule has 0 saturated heterocycles. The molecule has 2 amide bonds. The average molecular weight is 557 g/mol. The van der Waals surface area contributed by atoms with Gasteiger partial charge >= 0.3 is 0 Å². The van der Waals surface area contributed by atoms with Gasteiger partial charge in [0.1, 0.15) is 5.70 Å². The molecule has 5 aromatic rings. The molecule has 0 aliphatic heterocycles. The maximum atomic E-state index is 13.6. The largest absolute Gasteiger partial charge is 0.321 e. The highest BCUT2D eigenvalue weighted by Gasteiger charge is 2.16. The molecule has 0 unspecified atom stereocenters. The summed E-state index contributed by atoms with van der Waals surface area (Å²) in [6.45, 7) is 1.98. The van der Waals surface area contributed by atoms with E-state index in [9.17, 15) is 14.4 Å². The number of hydrogen-bond donors (Lipinski definition) is 2. The van der Waals surface area contributed by atoms with Gasteiger partial charge in [0.25, 0.3) is 11.8 Å². The average Bonchev–Trinajstić information content (AvgIpc) is 3.00. The van der Waals surface area contributed by atoms with Crippen molar-refractivity contribution in [3.63, 3.8) is 0 Å². The molecule has 41 heavy (non-hydrogen) atoms. The number of carbonyl (C=O) groups is 3. The molecular formula is C35H28N2O3S. The molecule has 2 N–H and O–H groups in total. The molecule has 5 aromatic carbocycles. The van der Waals surface area contributed by atoms with Gasteiger partial charge in [0.2, 0.25) is 0 Å². The Balaban J connectivity index is 1.36. The van der Waals surface area contributed by atoms with Gasteiger partial charge in [0, 0.05) is 21.7 Å². The normalized spacial score (nSPS) is 11.2. The number of carbonyl (C=O) groups excluding carboxylic acids is 3. The summed E-state index contributed by atoms with van der Waals surface area (Å²) in [7, 11) is 0. The first-order valence-corrected chi connectivity index (χ1v) is 14.1. The molecule has 0 bridgehead atoms. The van der Waals surface area contributed by atoms with E-state index < -0.39 is 5.91 Å². The van der Waals surface area contributed by atoms with Gasteiger partial charge in [-0.1, -0.05) is 96.6 Å². The van der Waals surface area contributed by atoms with Crippen LogP contribution in [0.3, 0.4) is 0 Å². The van der Waals surface area contributed by atoms with Crippen molar-refractivity contribution in [3.05, 3.63) is 149 Å². The van der Waals surface area contributed by atoms with E-state index in [1.165, 1.54) is 11.8 Å². The minimum Gasteiger partial charge on any atom is -0.321 e. The number of aryl methyl sites for hydroxylation is 1. The molecular weight excluding hydrogens is 528 g/mol. The third kappa shape index (κ3) is 7.18. The summed E-state index contributed by atoms with van der Waals surface area (Å²) in [6.07, 6.45) is 1.69. The van der Waals surface area contributed by atoms with E-state index in [0.29, 0.717) is 16.8 Å². The zero-order valence-electron chi connectivity index (χ0n) is 22.5. The predicted octanol–water partition coefficient (Wildman–Crippen LogP) is 7.53. The molecule has 0 spiro atoms. The van der Waals surface area contributed by atoms with Crippen molar-refractivity contribution in [2.45, 2.75) is 11.8 Å². The lowest BCUT2D eigenvalue weighted by Crippen LogP contribution is -2.30. The first-order valence-electron chi connectivity index (χ1n) is 13.2. The Morgan fingerprint density at radius 1 is 0.732 bits per heavy atom. The van der Waals surface area contributed by atoms with Gasteiger partial charge in [-0.2, -0.15) is 0 Å². The highest BCUT2D eigenvalue weighted by molar-refractivity contribution is 8.00. The first-order chi connectivity index (χ1) is 20.0. The fourth-order valence-electron chi connectivity index (χ4n) is 4.31. The van der Waals surface area contributed by atoms with Gasteiger partial charge in [-0.3, -0.25) is 14.4 Å². The summed E-state index contributed by atoms with van der Waals surface area (Å²) in [4.78, 5) is 40.1. The minimum absolute atomic E-state index is 0.0355. The van der Waals surface area contributed by atoms with Crippen molar-refractivity contribution >= 4 is 51.9 Å². The fraction of sp³-hybridized carbons (Fsp3) is 0.0571. The van der Waals surface area contributed by atoms with Crippen molar-refractivity contribution in [2.75, 3.05) is 11.1 Å². The van der Waals surface area contributed by atoms with Gasteiger partial charge in [-0.05, 0) is 59.7 Å². The Labute approximate surface area is 243 Å². The molecule has 202 valence electrons. The molecule has 0 aliphatic carbocycles. The number of anilines is 1.